The normalized spacial score (nSPS) is 16.9. The maximum Gasteiger partial charge on any atom is 0.226 e. The number of hydrogen-bond donors (Lipinski definition) is 1. The van der Waals surface area contributed by atoms with Crippen LogP contribution in [0.5, 0.6) is 0 Å². The first kappa shape index (κ1) is 14.9. The quantitative estimate of drug-likeness (QED) is 0.893. The van der Waals surface area contributed by atoms with Gasteiger partial charge in [-0.15, -0.1) is 0 Å². The van der Waals surface area contributed by atoms with Crippen LogP contribution in [-0.2, 0) is 11.2 Å². The summed E-state index contributed by atoms with van der Waals surface area (Å²) in [5.74, 6) is 0.954. The first-order chi connectivity index (χ1) is 9.56. The molecule has 3 heteroatoms. The Morgan fingerprint density at radius 1 is 1.25 bits per heavy atom. The molecule has 0 bridgehead atoms. The molecule has 1 aromatic rings. The van der Waals surface area contributed by atoms with Crippen LogP contribution in [0.2, 0.25) is 0 Å². The lowest BCUT2D eigenvalue weighted by Gasteiger charge is -2.21. The Bertz CT molecular complexity index is 433. The van der Waals surface area contributed by atoms with Gasteiger partial charge in [-0.1, -0.05) is 25.0 Å². The molecule has 1 aliphatic carbocycles. The smallest absolute Gasteiger partial charge is 0.226 e. The zero-order chi connectivity index (χ0) is 14.5. The fourth-order valence-corrected chi connectivity index (χ4v) is 2.89. The molecule has 0 radical (unpaired) electrons. The summed E-state index contributed by atoms with van der Waals surface area (Å²) < 4.78 is 0. The zero-order valence-electron chi connectivity index (χ0n) is 12.9. The van der Waals surface area contributed by atoms with E-state index in [0.29, 0.717) is 12.5 Å². The summed E-state index contributed by atoms with van der Waals surface area (Å²) in [6, 6.07) is 8.80. The number of amides is 1. The Morgan fingerprint density at radius 3 is 2.40 bits per heavy atom. The summed E-state index contributed by atoms with van der Waals surface area (Å²) in [5.41, 5.74) is 2.23. The van der Waals surface area contributed by atoms with E-state index in [1.165, 1.54) is 25.7 Å². The van der Waals surface area contributed by atoms with E-state index < -0.39 is 0 Å². The third-order valence-corrected chi connectivity index (χ3v) is 4.31. The molecule has 1 amide bonds. The number of nitrogens with one attached hydrogen (secondary N) is 1. The highest BCUT2D eigenvalue weighted by atomic mass is 16.2. The number of benzene rings is 1. The third kappa shape index (κ3) is 3.99. The molecule has 2 rings (SSSR count). The average molecular weight is 274 g/mol. The summed E-state index contributed by atoms with van der Waals surface area (Å²) in [6.45, 7) is 2.28. The van der Waals surface area contributed by atoms with Crippen LogP contribution in [0.4, 0.5) is 5.69 Å². The summed E-state index contributed by atoms with van der Waals surface area (Å²) in [6.07, 6.45) is 5.93. The first-order valence-electron chi connectivity index (χ1n) is 7.62. The summed E-state index contributed by atoms with van der Waals surface area (Å²) in [7, 11) is 3.59. The van der Waals surface area contributed by atoms with Crippen molar-refractivity contribution >= 4 is 11.6 Å². The topological polar surface area (TPSA) is 32.3 Å². The summed E-state index contributed by atoms with van der Waals surface area (Å²) in [4.78, 5) is 13.3. The number of carbonyl (C=O) groups excluding carboxylic acids is 1. The van der Waals surface area contributed by atoms with Gasteiger partial charge >= 0.3 is 0 Å². The van der Waals surface area contributed by atoms with Crippen molar-refractivity contribution in [3.8, 4) is 0 Å². The van der Waals surface area contributed by atoms with Crippen molar-refractivity contribution in [3.63, 3.8) is 0 Å². The molecular formula is C17H26N2O. The van der Waals surface area contributed by atoms with Gasteiger partial charge < -0.3 is 10.2 Å². The van der Waals surface area contributed by atoms with Crippen molar-refractivity contribution in [3.05, 3.63) is 29.8 Å². The zero-order valence-corrected chi connectivity index (χ0v) is 12.9. The molecule has 1 atom stereocenters. The minimum absolute atomic E-state index is 0.144. The van der Waals surface area contributed by atoms with Gasteiger partial charge in [0.1, 0.15) is 0 Å². The minimum atomic E-state index is 0.144. The van der Waals surface area contributed by atoms with E-state index in [9.17, 15) is 4.79 Å². The summed E-state index contributed by atoms with van der Waals surface area (Å²) >= 11 is 0. The maximum absolute atomic E-state index is 11.7. The van der Waals surface area contributed by atoms with Gasteiger partial charge in [-0.2, -0.15) is 0 Å². The first-order valence-corrected chi connectivity index (χ1v) is 7.62. The Kier molecular flexibility index (Phi) is 5.05. The van der Waals surface area contributed by atoms with E-state index in [4.69, 9.17) is 0 Å². The second-order valence-electron chi connectivity index (χ2n) is 6.14. The number of likely N-dealkylation sites (N-methyl/N-ethyl adjacent to an activating group) is 1. The SMILES string of the molecule is CC(Nc1ccc(CC(=O)N(C)C)cc1)C1CCCC1. The van der Waals surface area contributed by atoms with Crippen LogP contribution in [0.15, 0.2) is 24.3 Å². The molecule has 1 aliphatic rings. The van der Waals surface area contributed by atoms with Crippen LogP contribution in [0, 0.1) is 5.92 Å². The van der Waals surface area contributed by atoms with Crippen molar-refractivity contribution in [2.75, 3.05) is 19.4 Å². The van der Waals surface area contributed by atoms with Gasteiger partial charge in [0.2, 0.25) is 5.91 Å². The molecule has 0 spiro atoms. The van der Waals surface area contributed by atoms with E-state index in [1.807, 2.05) is 12.1 Å². The predicted molar refractivity (Wildman–Crippen MR) is 83.9 cm³/mol. The molecular weight excluding hydrogens is 248 g/mol. The van der Waals surface area contributed by atoms with E-state index in [-0.39, 0.29) is 5.91 Å². The molecule has 1 saturated carbocycles. The van der Waals surface area contributed by atoms with Crippen molar-refractivity contribution in [1.82, 2.24) is 4.90 Å². The minimum Gasteiger partial charge on any atom is -0.382 e. The second kappa shape index (κ2) is 6.78. The molecule has 1 aromatic carbocycles. The molecule has 0 saturated heterocycles. The van der Waals surface area contributed by atoms with Gasteiger partial charge in [-0.3, -0.25) is 4.79 Å². The Morgan fingerprint density at radius 2 is 1.85 bits per heavy atom. The van der Waals surface area contributed by atoms with E-state index >= 15 is 0 Å². The monoisotopic (exact) mass is 274 g/mol. The lowest BCUT2D eigenvalue weighted by atomic mass is 9.99. The van der Waals surface area contributed by atoms with Gasteiger partial charge in [0.15, 0.2) is 0 Å². The lowest BCUT2D eigenvalue weighted by molar-refractivity contribution is -0.127. The highest BCUT2D eigenvalue weighted by Crippen LogP contribution is 2.29. The van der Waals surface area contributed by atoms with Crippen LogP contribution in [0.3, 0.4) is 0 Å². The molecule has 3 nitrogen and oxygen atoms in total. The average Bonchev–Trinajstić information content (AvgIpc) is 2.95. The largest absolute Gasteiger partial charge is 0.382 e. The number of nitrogens with zero attached hydrogens (tertiary/aromatic N) is 1. The molecule has 1 unspecified atom stereocenters. The van der Waals surface area contributed by atoms with Crippen LogP contribution in [0.25, 0.3) is 0 Å². The number of hydrogen-bond acceptors (Lipinski definition) is 2. The van der Waals surface area contributed by atoms with Crippen LogP contribution in [-0.4, -0.2) is 30.9 Å². The standard InChI is InChI=1S/C17H26N2O/c1-13(15-6-4-5-7-15)18-16-10-8-14(9-11-16)12-17(20)19(2)3/h8-11,13,15,18H,4-7,12H2,1-3H3. The van der Waals surface area contributed by atoms with E-state index in [0.717, 1.165) is 17.2 Å². The fraction of sp³-hybridized carbons (Fsp3) is 0.588. The van der Waals surface area contributed by atoms with Crippen LogP contribution in [0.1, 0.15) is 38.2 Å². The van der Waals surface area contributed by atoms with Crippen molar-refractivity contribution in [1.29, 1.82) is 0 Å². The molecule has 0 aromatic heterocycles. The third-order valence-electron chi connectivity index (χ3n) is 4.31. The fourth-order valence-electron chi connectivity index (χ4n) is 2.89. The van der Waals surface area contributed by atoms with E-state index in [1.54, 1.807) is 19.0 Å². The number of rotatable bonds is 5. The van der Waals surface area contributed by atoms with Crippen molar-refractivity contribution < 1.29 is 4.79 Å². The van der Waals surface area contributed by atoms with Gasteiger partial charge in [-0.05, 0) is 43.4 Å². The molecule has 0 heterocycles. The van der Waals surface area contributed by atoms with Crippen molar-refractivity contribution in [2.45, 2.75) is 45.1 Å². The van der Waals surface area contributed by atoms with Crippen LogP contribution < -0.4 is 5.32 Å². The highest BCUT2D eigenvalue weighted by Gasteiger charge is 2.21. The van der Waals surface area contributed by atoms with Crippen LogP contribution >= 0.6 is 0 Å². The maximum atomic E-state index is 11.7. The van der Waals surface area contributed by atoms with E-state index in [2.05, 4.69) is 24.4 Å². The lowest BCUT2D eigenvalue weighted by Crippen LogP contribution is -2.24. The molecule has 20 heavy (non-hydrogen) atoms. The van der Waals surface area contributed by atoms with Gasteiger partial charge in [-0.25, -0.2) is 0 Å². The Labute approximate surface area is 122 Å². The number of anilines is 1. The van der Waals surface area contributed by atoms with Gasteiger partial charge in [0.05, 0.1) is 6.42 Å². The second-order valence-corrected chi connectivity index (χ2v) is 6.14. The Hall–Kier alpha value is -1.51. The van der Waals surface area contributed by atoms with Gasteiger partial charge in [0.25, 0.3) is 0 Å². The molecule has 110 valence electrons. The summed E-state index contributed by atoms with van der Waals surface area (Å²) in [5, 5.41) is 3.59. The van der Waals surface area contributed by atoms with Crippen molar-refractivity contribution in [2.24, 2.45) is 5.92 Å². The Balaban J connectivity index is 1.89. The molecule has 1 fully saturated rings. The highest BCUT2D eigenvalue weighted by molar-refractivity contribution is 5.78. The molecule has 0 aliphatic heterocycles. The predicted octanol–water partition coefficient (Wildman–Crippen LogP) is 3.31. The van der Waals surface area contributed by atoms with Gasteiger partial charge in [0, 0.05) is 25.8 Å². The number of carbonyl (C=O) groups is 1. The molecule has 1 N–H and O–H groups in total.